The molecule has 0 saturated heterocycles. The zero-order valence-electron chi connectivity index (χ0n) is 11.0. The third kappa shape index (κ3) is 3.45. The van der Waals surface area contributed by atoms with Crippen molar-refractivity contribution in [3.8, 4) is 11.4 Å². The summed E-state index contributed by atoms with van der Waals surface area (Å²) >= 11 is 0. The highest BCUT2D eigenvalue weighted by Crippen LogP contribution is 2.34. The molecule has 0 aliphatic rings. The number of anilines is 1. The smallest absolute Gasteiger partial charge is 0.435 e. The van der Waals surface area contributed by atoms with Crippen LogP contribution in [0.1, 0.15) is 5.69 Å². The summed E-state index contributed by atoms with van der Waals surface area (Å²) in [5.41, 5.74) is -2.09. The molecular formula is C12H8F4N4O2. The summed E-state index contributed by atoms with van der Waals surface area (Å²) in [5.74, 6) is -1.12. The first-order valence-corrected chi connectivity index (χ1v) is 5.71. The van der Waals surface area contributed by atoms with Gasteiger partial charge in [-0.3, -0.25) is 10.3 Å². The van der Waals surface area contributed by atoms with Crippen molar-refractivity contribution in [3.05, 3.63) is 36.2 Å². The predicted molar refractivity (Wildman–Crippen MR) is 66.3 cm³/mol. The molecule has 2 heterocycles. The third-order valence-corrected chi connectivity index (χ3v) is 2.44. The summed E-state index contributed by atoms with van der Waals surface area (Å²) in [6, 6.07) is 0.940. The highest BCUT2D eigenvalue weighted by atomic mass is 19.4. The molecule has 0 unspecified atom stereocenters. The summed E-state index contributed by atoms with van der Waals surface area (Å²) in [4.78, 5) is 21.5. The second-order valence-electron chi connectivity index (χ2n) is 3.96. The maximum atomic E-state index is 13.1. The molecule has 0 aliphatic heterocycles. The van der Waals surface area contributed by atoms with E-state index < -0.39 is 29.5 Å². The lowest BCUT2D eigenvalue weighted by Crippen LogP contribution is -2.18. The Labute approximate surface area is 121 Å². The van der Waals surface area contributed by atoms with Crippen LogP contribution in [-0.4, -0.2) is 28.2 Å². The van der Waals surface area contributed by atoms with Crippen LogP contribution in [-0.2, 0) is 10.9 Å². The maximum absolute atomic E-state index is 13.1. The van der Waals surface area contributed by atoms with Gasteiger partial charge >= 0.3 is 12.3 Å². The van der Waals surface area contributed by atoms with Crippen molar-refractivity contribution in [2.24, 2.45) is 0 Å². The van der Waals surface area contributed by atoms with E-state index in [9.17, 15) is 22.4 Å². The molecule has 0 aliphatic carbocycles. The number of hydrogen-bond donors (Lipinski definition) is 1. The molecule has 6 nitrogen and oxygen atoms in total. The number of ether oxygens (including phenoxy) is 1. The number of amides is 1. The fourth-order valence-electron chi connectivity index (χ4n) is 1.52. The lowest BCUT2D eigenvalue weighted by molar-refractivity contribution is -0.140. The molecule has 0 spiro atoms. The van der Waals surface area contributed by atoms with Crippen molar-refractivity contribution in [3.63, 3.8) is 0 Å². The van der Waals surface area contributed by atoms with Crippen LogP contribution in [0.2, 0.25) is 0 Å². The Kier molecular flexibility index (Phi) is 4.20. The number of rotatable bonds is 2. The van der Waals surface area contributed by atoms with Crippen LogP contribution in [0.15, 0.2) is 24.7 Å². The number of carbonyl (C=O) groups excluding carboxylic acids is 1. The average Bonchev–Trinajstić information content (AvgIpc) is 2.46. The summed E-state index contributed by atoms with van der Waals surface area (Å²) in [6.07, 6.45) is -3.19. The first-order valence-electron chi connectivity index (χ1n) is 5.71. The Hall–Kier alpha value is -2.78. The predicted octanol–water partition coefficient (Wildman–Crippen LogP) is 2.87. The number of hydrogen-bond acceptors (Lipinski definition) is 5. The fourth-order valence-corrected chi connectivity index (χ4v) is 1.52. The molecule has 0 fully saturated rings. The van der Waals surface area contributed by atoms with Gasteiger partial charge in [-0.05, 0) is 6.07 Å². The molecule has 1 amide bonds. The normalized spacial score (nSPS) is 11.1. The van der Waals surface area contributed by atoms with Crippen molar-refractivity contribution >= 4 is 11.8 Å². The first-order chi connectivity index (χ1) is 10.3. The van der Waals surface area contributed by atoms with Crippen LogP contribution in [0.4, 0.5) is 28.0 Å². The number of alkyl halides is 3. The minimum atomic E-state index is -4.85. The zero-order chi connectivity index (χ0) is 16.3. The first kappa shape index (κ1) is 15.6. The Morgan fingerprint density at radius 1 is 1.27 bits per heavy atom. The minimum absolute atomic E-state index is 0.0323. The van der Waals surface area contributed by atoms with E-state index in [1.165, 1.54) is 0 Å². The molecular weight excluding hydrogens is 308 g/mol. The van der Waals surface area contributed by atoms with E-state index in [1.807, 2.05) is 5.32 Å². The standard InChI is InChI=1S/C12H8F4N4O2/c1-22-11(21)19-8-5-18-10(20-9(8)12(14,15)16)6-2-7(13)4-17-3-6/h2-5H,1H3,(H,19,21). The van der Waals surface area contributed by atoms with Crippen LogP contribution in [0.25, 0.3) is 11.4 Å². The van der Waals surface area contributed by atoms with Gasteiger partial charge in [0.15, 0.2) is 11.5 Å². The number of nitrogens with one attached hydrogen (secondary N) is 1. The van der Waals surface area contributed by atoms with Gasteiger partial charge in [0.25, 0.3) is 0 Å². The van der Waals surface area contributed by atoms with Crippen LogP contribution in [0, 0.1) is 5.82 Å². The van der Waals surface area contributed by atoms with E-state index in [4.69, 9.17) is 0 Å². The Balaban J connectivity index is 2.50. The second-order valence-corrected chi connectivity index (χ2v) is 3.96. The largest absolute Gasteiger partial charge is 0.453 e. The molecule has 0 saturated carbocycles. The summed E-state index contributed by atoms with van der Waals surface area (Å²) in [5, 5.41) is 1.86. The van der Waals surface area contributed by atoms with Gasteiger partial charge in [0, 0.05) is 11.8 Å². The molecule has 116 valence electrons. The fraction of sp³-hybridized carbons (Fsp3) is 0.167. The molecule has 0 bridgehead atoms. The molecule has 10 heteroatoms. The molecule has 0 radical (unpaired) electrons. The Bertz CT molecular complexity index is 706. The number of carbonyl (C=O) groups is 1. The molecule has 2 aromatic heterocycles. The molecule has 1 N–H and O–H groups in total. The second kappa shape index (κ2) is 5.92. The third-order valence-electron chi connectivity index (χ3n) is 2.44. The highest BCUT2D eigenvalue weighted by Gasteiger charge is 2.37. The van der Waals surface area contributed by atoms with E-state index in [-0.39, 0.29) is 11.4 Å². The van der Waals surface area contributed by atoms with Gasteiger partial charge in [-0.25, -0.2) is 19.2 Å². The lowest BCUT2D eigenvalue weighted by atomic mass is 10.2. The maximum Gasteiger partial charge on any atom is 0.435 e. The van der Waals surface area contributed by atoms with Crippen molar-refractivity contribution in [1.82, 2.24) is 15.0 Å². The topological polar surface area (TPSA) is 77.0 Å². The average molecular weight is 316 g/mol. The quantitative estimate of drug-likeness (QED) is 0.862. The van der Waals surface area contributed by atoms with Crippen LogP contribution in [0.3, 0.4) is 0 Å². The molecule has 2 aromatic rings. The van der Waals surface area contributed by atoms with Crippen LogP contribution >= 0.6 is 0 Å². The van der Waals surface area contributed by atoms with Crippen LogP contribution < -0.4 is 5.32 Å². The van der Waals surface area contributed by atoms with Crippen molar-refractivity contribution in [2.75, 3.05) is 12.4 Å². The Morgan fingerprint density at radius 3 is 2.59 bits per heavy atom. The van der Waals surface area contributed by atoms with Gasteiger partial charge in [-0.1, -0.05) is 0 Å². The Morgan fingerprint density at radius 2 is 2.00 bits per heavy atom. The molecule has 0 atom stereocenters. The van der Waals surface area contributed by atoms with E-state index in [0.717, 1.165) is 31.8 Å². The molecule has 2 rings (SSSR count). The number of pyridine rings is 1. The van der Waals surface area contributed by atoms with E-state index in [2.05, 4.69) is 19.7 Å². The number of halogens is 4. The van der Waals surface area contributed by atoms with E-state index >= 15 is 0 Å². The number of aromatic nitrogens is 3. The summed E-state index contributed by atoms with van der Waals surface area (Å²) < 4.78 is 56.3. The van der Waals surface area contributed by atoms with Gasteiger partial charge in [0.1, 0.15) is 5.82 Å². The van der Waals surface area contributed by atoms with Crippen molar-refractivity contribution in [2.45, 2.75) is 6.18 Å². The van der Waals surface area contributed by atoms with E-state index in [0.29, 0.717) is 0 Å². The van der Waals surface area contributed by atoms with Gasteiger partial charge in [-0.15, -0.1) is 0 Å². The summed E-state index contributed by atoms with van der Waals surface area (Å²) in [7, 11) is 0.996. The zero-order valence-corrected chi connectivity index (χ0v) is 11.0. The number of methoxy groups -OCH3 is 1. The summed E-state index contributed by atoms with van der Waals surface area (Å²) in [6.45, 7) is 0. The lowest BCUT2D eigenvalue weighted by Gasteiger charge is -2.13. The van der Waals surface area contributed by atoms with Gasteiger partial charge in [0.2, 0.25) is 0 Å². The van der Waals surface area contributed by atoms with Gasteiger partial charge < -0.3 is 4.74 Å². The molecule has 22 heavy (non-hydrogen) atoms. The van der Waals surface area contributed by atoms with Crippen molar-refractivity contribution in [1.29, 1.82) is 0 Å². The van der Waals surface area contributed by atoms with Crippen molar-refractivity contribution < 1.29 is 27.1 Å². The van der Waals surface area contributed by atoms with E-state index in [1.54, 1.807) is 0 Å². The molecule has 0 aromatic carbocycles. The van der Waals surface area contributed by atoms with Crippen LogP contribution in [0.5, 0.6) is 0 Å². The van der Waals surface area contributed by atoms with Gasteiger partial charge in [-0.2, -0.15) is 13.2 Å². The minimum Gasteiger partial charge on any atom is -0.453 e. The SMILES string of the molecule is COC(=O)Nc1cnc(-c2cncc(F)c2)nc1C(F)(F)F. The monoisotopic (exact) mass is 316 g/mol. The highest BCUT2D eigenvalue weighted by molar-refractivity contribution is 5.85. The number of nitrogens with zero attached hydrogens (tertiary/aromatic N) is 3. The van der Waals surface area contributed by atoms with Gasteiger partial charge in [0.05, 0.1) is 25.2 Å².